The third kappa shape index (κ3) is 5.52. The van der Waals surface area contributed by atoms with Crippen molar-refractivity contribution in [3.05, 3.63) is 5.82 Å². The summed E-state index contributed by atoms with van der Waals surface area (Å²) in [5, 5.41) is 6.52. The molecule has 4 heterocycles. The number of amides is 1. The fourth-order valence-electron chi connectivity index (χ4n) is 6.74. The molecule has 11 nitrogen and oxygen atoms in total. The van der Waals surface area contributed by atoms with E-state index in [9.17, 15) is 4.79 Å². The third-order valence-corrected chi connectivity index (χ3v) is 9.43. The van der Waals surface area contributed by atoms with Gasteiger partial charge in [0.25, 0.3) is 0 Å². The summed E-state index contributed by atoms with van der Waals surface area (Å²) in [7, 11) is 1.78. The average Bonchev–Trinajstić information content (AvgIpc) is 3.48. The van der Waals surface area contributed by atoms with Crippen LogP contribution in [0.3, 0.4) is 0 Å². The summed E-state index contributed by atoms with van der Waals surface area (Å²) in [5.74, 6) is 4.25. The number of aromatic nitrogens is 4. The Morgan fingerprint density at radius 3 is 2.59 bits per heavy atom. The summed E-state index contributed by atoms with van der Waals surface area (Å²) in [6.07, 6.45) is 11.1. The van der Waals surface area contributed by atoms with Crippen LogP contribution in [0.15, 0.2) is 0 Å². The molecule has 0 bridgehead atoms. The van der Waals surface area contributed by atoms with E-state index in [0.29, 0.717) is 29.9 Å². The summed E-state index contributed by atoms with van der Waals surface area (Å²) < 4.78 is 8.05. The maximum atomic E-state index is 11.8. The van der Waals surface area contributed by atoms with Crippen LogP contribution in [0.2, 0.25) is 0 Å². The molecule has 39 heavy (non-hydrogen) atoms. The van der Waals surface area contributed by atoms with Crippen LogP contribution < -0.4 is 21.0 Å². The van der Waals surface area contributed by atoms with E-state index in [0.717, 1.165) is 49.1 Å². The van der Waals surface area contributed by atoms with Crippen LogP contribution in [-0.2, 0) is 16.1 Å². The molecule has 4 fully saturated rings. The minimum atomic E-state index is -0.619. The standard InChI is InChI=1S/C28H44N8O3/c1-17-10-12-19(13-11-17)15-36-22-23(29-18(2)20-7-6-8-20)30-25(26-33-28(37)39-34-26)31-24(22)32-27(36)35-14-5-4-9-21(35)16-38-3/h17-21,26,34H,4-16H2,1-3H3,(H,33,37)(H,29,30,31)/t17?,18-,19?,21?,26?/m1/s1. The normalized spacial score (nSPS) is 28.7. The number of rotatable bonds is 9. The van der Waals surface area contributed by atoms with E-state index >= 15 is 0 Å². The topological polar surface area (TPSA) is 118 Å². The molecule has 0 spiro atoms. The van der Waals surface area contributed by atoms with E-state index in [4.69, 9.17) is 24.5 Å². The lowest BCUT2D eigenvalue weighted by atomic mass is 9.80. The second-order valence-corrected chi connectivity index (χ2v) is 12.3. The fourth-order valence-corrected chi connectivity index (χ4v) is 6.74. The lowest BCUT2D eigenvalue weighted by Gasteiger charge is -2.37. The smallest absolute Gasteiger partial charge is 0.383 e. The van der Waals surface area contributed by atoms with Crippen molar-refractivity contribution in [3.63, 3.8) is 0 Å². The van der Waals surface area contributed by atoms with Gasteiger partial charge in [-0.1, -0.05) is 26.2 Å². The molecular weight excluding hydrogens is 496 g/mol. The minimum Gasteiger partial charge on any atom is -0.383 e. The Bertz CT molecular complexity index is 1160. The monoisotopic (exact) mass is 540 g/mol. The molecule has 3 atom stereocenters. The molecule has 2 saturated heterocycles. The zero-order valence-electron chi connectivity index (χ0n) is 23.6. The number of hydrogen-bond acceptors (Lipinski definition) is 9. The van der Waals surface area contributed by atoms with Gasteiger partial charge in [-0.25, -0.2) is 14.8 Å². The van der Waals surface area contributed by atoms with Gasteiger partial charge < -0.3 is 24.4 Å². The number of carbonyl (C=O) groups excluding carboxylic acids is 1. The molecule has 2 saturated carbocycles. The Balaban J connectivity index is 1.45. The predicted octanol–water partition coefficient (Wildman–Crippen LogP) is 4.50. The number of imidazole rings is 1. The molecule has 1 amide bonds. The molecule has 0 aromatic carbocycles. The molecule has 2 aromatic heterocycles. The van der Waals surface area contributed by atoms with E-state index in [-0.39, 0.29) is 12.1 Å². The quantitative estimate of drug-likeness (QED) is 0.422. The van der Waals surface area contributed by atoms with Crippen molar-refractivity contribution < 1.29 is 14.4 Å². The molecule has 2 unspecified atom stereocenters. The Hall–Kier alpha value is -2.66. The van der Waals surface area contributed by atoms with Crippen LogP contribution in [-0.4, -0.2) is 58.0 Å². The fraction of sp³-hybridized carbons (Fsp3) is 0.786. The Morgan fingerprint density at radius 2 is 1.90 bits per heavy atom. The van der Waals surface area contributed by atoms with Crippen molar-refractivity contribution in [2.45, 2.75) is 103 Å². The van der Waals surface area contributed by atoms with Crippen molar-refractivity contribution in [1.29, 1.82) is 0 Å². The van der Waals surface area contributed by atoms with E-state index in [2.05, 4.69) is 39.4 Å². The summed E-state index contributed by atoms with van der Waals surface area (Å²) in [6.45, 7) is 7.16. The molecule has 3 N–H and O–H groups in total. The highest BCUT2D eigenvalue weighted by Crippen LogP contribution is 2.37. The summed E-state index contributed by atoms with van der Waals surface area (Å²) in [6, 6.07) is 0.568. The van der Waals surface area contributed by atoms with E-state index < -0.39 is 12.3 Å². The molecule has 0 radical (unpaired) electrons. The van der Waals surface area contributed by atoms with Gasteiger partial charge in [-0.3, -0.25) is 5.32 Å². The number of nitrogens with one attached hydrogen (secondary N) is 3. The maximum Gasteiger partial charge on any atom is 0.427 e. The molecule has 4 aliphatic rings. The first-order valence-electron chi connectivity index (χ1n) is 15.0. The second-order valence-electron chi connectivity index (χ2n) is 12.3. The van der Waals surface area contributed by atoms with Crippen LogP contribution in [0, 0.1) is 17.8 Å². The van der Waals surface area contributed by atoms with Gasteiger partial charge in [0, 0.05) is 26.2 Å². The van der Waals surface area contributed by atoms with E-state index in [1.54, 1.807) is 7.11 Å². The number of nitrogens with zero attached hydrogens (tertiary/aromatic N) is 5. The van der Waals surface area contributed by atoms with Crippen LogP contribution in [0.25, 0.3) is 11.2 Å². The number of hydroxylamine groups is 1. The van der Waals surface area contributed by atoms with E-state index in [1.165, 1.54) is 51.4 Å². The predicted molar refractivity (Wildman–Crippen MR) is 149 cm³/mol. The van der Waals surface area contributed by atoms with Gasteiger partial charge >= 0.3 is 6.09 Å². The highest BCUT2D eigenvalue weighted by atomic mass is 16.7. The number of piperidine rings is 1. The number of ether oxygens (including phenoxy) is 1. The summed E-state index contributed by atoms with van der Waals surface area (Å²) >= 11 is 0. The lowest BCUT2D eigenvalue weighted by molar-refractivity contribution is 0.120. The largest absolute Gasteiger partial charge is 0.427 e. The van der Waals surface area contributed by atoms with Gasteiger partial charge in [-0.2, -0.15) is 4.98 Å². The molecule has 11 heteroatoms. The first kappa shape index (κ1) is 26.6. The van der Waals surface area contributed by atoms with Crippen molar-refractivity contribution in [3.8, 4) is 0 Å². The number of carbonyl (C=O) groups is 1. The average molecular weight is 541 g/mol. The molecule has 214 valence electrons. The SMILES string of the molecule is COCC1CCCCN1c1nc2nc(C3NOC(=O)N3)nc(N[C@H](C)C3CCC3)c2n1CC1CCC(C)CC1. The highest BCUT2D eigenvalue weighted by Gasteiger charge is 2.34. The number of anilines is 2. The van der Waals surface area contributed by atoms with Gasteiger partial charge in [-0.05, 0) is 69.6 Å². The Morgan fingerprint density at radius 1 is 1.08 bits per heavy atom. The molecule has 2 aliphatic carbocycles. The molecule has 6 rings (SSSR count). The van der Waals surface area contributed by atoms with Gasteiger partial charge in [0.15, 0.2) is 23.5 Å². The Labute approximate surface area is 230 Å². The zero-order valence-corrected chi connectivity index (χ0v) is 23.6. The van der Waals surface area contributed by atoms with Crippen LogP contribution in [0.5, 0.6) is 0 Å². The van der Waals surface area contributed by atoms with Gasteiger partial charge in [-0.15, -0.1) is 5.48 Å². The minimum absolute atomic E-state index is 0.283. The van der Waals surface area contributed by atoms with Crippen molar-refractivity contribution >= 4 is 29.0 Å². The van der Waals surface area contributed by atoms with Crippen molar-refractivity contribution in [2.75, 3.05) is 30.5 Å². The first-order chi connectivity index (χ1) is 19.0. The van der Waals surface area contributed by atoms with Gasteiger partial charge in [0.1, 0.15) is 5.52 Å². The van der Waals surface area contributed by atoms with Crippen molar-refractivity contribution in [1.82, 2.24) is 30.3 Å². The maximum absolute atomic E-state index is 11.8. The van der Waals surface area contributed by atoms with Gasteiger partial charge in [0.05, 0.1) is 12.6 Å². The second kappa shape index (κ2) is 11.4. The van der Waals surface area contributed by atoms with Gasteiger partial charge in [0.2, 0.25) is 5.95 Å². The summed E-state index contributed by atoms with van der Waals surface area (Å²) in [5.41, 5.74) is 4.34. The molecular formula is C28H44N8O3. The lowest BCUT2D eigenvalue weighted by Crippen LogP contribution is -2.44. The Kier molecular flexibility index (Phi) is 7.79. The number of fused-ring (bicyclic) bond motifs is 1. The molecule has 2 aliphatic heterocycles. The van der Waals surface area contributed by atoms with E-state index in [1.807, 2.05) is 0 Å². The van der Waals surface area contributed by atoms with Crippen LogP contribution in [0.4, 0.5) is 16.6 Å². The highest BCUT2D eigenvalue weighted by molar-refractivity contribution is 5.86. The molecule has 2 aromatic rings. The zero-order chi connectivity index (χ0) is 26.9. The number of methoxy groups -OCH3 is 1. The number of hydrogen-bond donors (Lipinski definition) is 3. The van der Waals surface area contributed by atoms with Crippen LogP contribution >= 0.6 is 0 Å². The van der Waals surface area contributed by atoms with Crippen molar-refractivity contribution in [2.24, 2.45) is 17.8 Å². The van der Waals surface area contributed by atoms with Crippen LogP contribution in [0.1, 0.15) is 90.0 Å². The first-order valence-corrected chi connectivity index (χ1v) is 15.0. The summed E-state index contributed by atoms with van der Waals surface area (Å²) in [4.78, 5) is 34.3. The third-order valence-electron chi connectivity index (χ3n) is 9.43.